The number of hydrogen-bond acceptors (Lipinski definition) is 0. The smallest absolute Gasteiger partial charge is 0.166 e. The van der Waals surface area contributed by atoms with Gasteiger partial charge in [-0.2, -0.15) is 0 Å². The average molecular weight is 298 g/mol. The third kappa shape index (κ3) is 2.38. The molecule has 0 heterocycles. The Labute approximate surface area is 85.5 Å². The van der Waals surface area contributed by atoms with Crippen LogP contribution in [0.4, 0.5) is 8.78 Å². The Morgan fingerprint density at radius 2 is 1.92 bits per heavy atom. The second-order valence-electron chi connectivity index (χ2n) is 2.08. The molecule has 1 aromatic carbocycles. The van der Waals surface area contributed by atoms with Gasteiger partial charge in [0.2, 0.25) is 0 Å². The number of halogens is 4. The maximum absolute atomic E-state index is 12.9. The van der Waals surface area contributed by atoms with E-state index in [0.717, 1.165) is 6.07 Å². The second kappa shape index (κ2) is 4.14. The maximum Gasteiger partial charge on any atom is 0.166 e. The van der Waals surface area contributed by atoms with E-state index in [2.05, 4.69) is 31.9 Å². The van der Waals surface area contributed by atoms with Crippen molar-refractivity contribution in [3.05, 3.63) is 38.8 Å². The molecule has 0 aliphatic heterocycles. The van der Waals surface area contributed by atoms with Crippen LogP contribution in [0.3, 0.4) is 0 Å². The summed E-state index contributed by atoms with van der Waals surface area (Å²) in [6.07, 6.45) is 1.44. The van der Waals surface area contributed by atoms with Crippen molar-refractivity contribution in [1.29, 1.82) is 0 Å². The minimum absolute atomic E-state index is 0.207. The van der Waals surface area contributed by atoms with E-state index in [1.807, 2.05) is 0 Å². The minimum atomic E-state index is -0.843. The molecule has 0 amide bonds. The van der Waals surface area contributed by atoms with Gasteiger partial charge in [-0.15, -0.1) is 0 Å². The quantitative estimate of drug-likeness (QED) is 0.733. The summed E-state index contributed by atoms with van der Waals surface area (Å²) in [6.45, 7) is 0. The first-order chi connectivity index (χ1) is 5.61. The molecule has 0 radical (unpaired) electrons. The van der Waals surface area contributed by atoms with Crippen LogP contribution in [-0.4, -0.2) is 0 Å². The second-order valence-corrected chi connectivity index (χ2v) is 4.85. The summed E-state index contributed by atoms with van der Waals surface area (Å²) in [5, 5.41) is 0. The first-order valence-corrected chi connectivity index (χ1v) is 4.66. The Bertz CT molecular complexity index is 317. The Morgan fingerprint density at radius 1 is 1.25 bits per heavy atom. The predicted molar refractivity (Wildman–Crippen MR) is 52.2 cm³/mol. The third-order valence-electron chi connectivity index (χ3n) is 1.25. The van der Waals surface area contributed by atoms with Gasteiger partial charge >= 0.3 is 0 Å². The molecular formula is C8H4Br2F2. The van der Waals surface area contributed by atoms with E-state index in [4.69, 9.17) is 0 Å². The lowest BCUT2D eigenvalue weighted by Crippen LogP contribution is -1.86. The van der Waals surface area contributed by atoms with E-state index in [9.17, 15) is 8.78 Å². The number of benzene rings is 1. The lowest BCUT2D eigenvalue weighted by atomic mass is 10.2. The van der Waals surface area contributed by atoms with Gasteiger partial charge in [-0.25, -0.2) is 8.78 Å². The zero-order chi connectivity index (χ0) is 9.14. The zero-order valence-corrected chi connectivity index (χ0v) is 8.99. The Hall–Kier alpha value is -0.220. The van der Waals surface area contributed by atoms with Gasteiger partial charge < -0.3 is 0 Å². The molecule has 12 heavy (non-hydrogen) atoms. The van der Waals surface area contributed by atoms with E-state index in [-0.39, 0.29) is 5.56 Å². The van der Waals surface area contributed by atoms with Crippen LogP contribution in [0.5, 0.6) is 0 Å². The highest BCUT2D eigenvalue weighted by Gasteiger charge is 2.04. The molecule has 0 unspecified atom stereocenters. The molecule has 0 spiro atoms. The van der Waals surface area contributed by atoms with Crippen molar-refractivity contribution in [2.75, 3.05) is 0 Å². The zero-order valence-electron chi connectivity index (χ0n) is 5.82. The monoisotopic (exact) mass is 296 g/mol. The molecule has 0 aliphatic carbocycles. The summed E-state index contributed by atoms with van der Waals surface area (Å²) in [4.78, 5) is 0. The van der Waals surface area contributed by atoms with Gasteiger partial charge in [0, 0.05) is 5.56 Å². The molecule has 0 fully saturated rings. The van der Waals surface area contributed by atoms with Crippen LogP contribution in [0, 0.1) is 11.6 Å². The van der Waals surface area contributed by atoms with Crippen LogP contribution in [0.2, 0.25) is 0 Å². The van der Waals surface area contributed by atoms with Crippen LogP contribution in [0.15, 0.2) is 21.6 Å². The molecule has 0 aromatic heterocycles. The third-order valence-corrected chi connectivity index (χ3v) is 1.70. The fraction of sp³-hybridized carbons (Fsp3) is 0. The fourth-order valence-corrected chi connectivity index (χ4v) is 1.24. The van der Waals surface area contributed by atoms with Crippen molar-refractivity contribution in [1.82, 2.24) is 0 Å². The van der Waals surface area contributed by atoms with E-state index in [1.165, 1.54) is 18.2 Å². The maximum atomic E-state index is 12.9. The fourth-order valence-electron chi connectivity index (χ4n) is 0.750. The van der Waals surface area contributed by atoms with Crippen LogP contribution in [0.25, 0.3) is 6.08 Å². The molecule has 4 heteroatoms. The van der Waals surface area contributed by atoms with Crippen molar-refractivity contribution >= 4 is 37.9 Å². The summed E-state index contributed by atoms with van der Waals surface area (Å²) >= 11 is 6.12. The summed E-state index contributed by atoms with van der Waals surface area (Å²) in [6, 6.07) is 4.02. The molecule has 0 aliphatic rings. The Kier molecular flexibility index (Phi) is 3.40. The standard InChI is InChI=1S/C8H4Br2F2/c9-7(10)4-5-2-1-3-6(11)8(5)12/h1-4H. The summed E-state index contributed by atoms with van der Waals surface area (Å²) in [5.74, 6) is -1.68. The molecular weight excluding hydrogens is 294 g/mol. The van der Waals surface area contributed by atoms with Gasteiger partial charge in [-0.05, 0) is 44.0 Å². The van der Waals surface area contributed by atoms with Crippen LogP contribution in [-0.2, 0) is 0 Å². The Balaban J connectivity index is 3.17. The van der Waals surface area contributed by atoms with Crippen LogP contribution in [0.1, 0.15) is 5.56 Å². The van der Waals surface area contributed by atoms with Crippen molar-refractivity contribution in [2.45, 2.75) is 0 Å². The summed E-state index contributed by atoms with van der Waals surface area (Å²) in [5.41, 5.74) is 0.207. The minimum Gasteiger partial charge on any atom is -0.204 e. The van der Waals surface area contributed by atoms with Gasteiger partial charge in [0.1, 0.15) is 0 Å². The highest BCUT2D eigenvalue weighted by Crippen LogP contribution is 2.20. The first kappa shape index (κ1) is 9.86. The van der Waals surface area contributed by atoms with E-state index >= 15 is 0 Å². The first-order valence-electron chi connectivity index (χ1n) is 3.08. The van der Waals surface area contributed by atoms with E-state index in [0.29, 0.717) is 3.39 Å². The molecule has 0 nitrogen and oxygen atoms in total. The number of rotatable bonds is 1. The lowest BCUT2D eigenvalue weighted by Gasteiger charge is -1.96. The van der Waals surface area contributed by atoms with Crippen LogP contribution < -0.4 is 0 Å². The van der Waals surface area contributed by atoms with Crippen molar-refractivity contribution in [3.63, 3.8) is 0 Å². The SMILES string of the molecule is Fc1cccc(C=C(Br)Br)c1F. The molecule has 0 bridgehead atoms. The van der Waals surface area contributed by atoms with E-state index < -0.39 is 11.6 Å². The molecule has 0 N–H and O–H groups in total. The van der Waals surface area contributed by atoms with E-state index in [1.54, 1.807) is 0 Å². The van der Waals surface area contributed by atoms with Crippen LogP contribution >= 0.6 is 31.9 Å². The lowest BCUT2D eigenvalue weighted by molar-refractivity contribution is 0.507. The highest BCUT2D eigenvalue weighted by atomic mass is 79.9. The van der Waals surface area contributed by atoms with Gasteiger partial charge in [0.25, 0.3) is 0 Å². The largest absolute Gasteiger partial charge is 0.204 e. The molecule has 0 saturated carbocycles. The molecule has 1 rings (SSSR count). The van der Waals surface area contributed by atoms with Crippen molar-refractivity contribution < 1.29 is 8.78 Å². The Morgan fingerprint density at radius 3 is 2.50 bits per heavy atom. The molecule has 1 aromatic rings. The van der Waals surface area contributed by atoms with Gasteiger partial charge in [-0.3, -0.25) is 0 Å². The van der Waals surface area contributed by atoms with Gasteiger partial charge in [0.05, 0.1) is 3.39 Å². The molecule has 0 atom stereocenters. The van der Waals surface area contributed by atoms with Crippen molar-refractivity contribution in [3.8, 4) is 0 Å². The van der Waals surface area contributed by atoms with Gasteiger partial charge in [0.15, 0.2) is 11.6 Å². The molecule has 0 saturated heterocycles. The topological polar surface area (TPSA) is 0 Å². The number of hydrogen-bond donors (Lipinski definition) is 0. The summed E-state index contributed by atoms with van der Waals surface area (Å²) < 4.78 is 26.1. The average Bonchev–Trinajstić information content (AvgIpc) is 1.98. The normalized spacial score (nSPS) is 9.67. The molecule has 64 valence electrons. The predicted octanol–water partition coefficient (Wildman–Crippen LogP) is 4.05. The van der Waals surface area contributed by atoms with Gasteiger partial charge in [-0.1, -0.05) is 12.1 Å². The summed E-state index contributed by atoms with van der Waals surface area (Å²) in [7, 11) is 0. The highest BCUT2D eigenvalue weighted by molar-refractivity contribution is 9.28. The van der Waals surface area contributed by atoms with Crippen molar-refractivity contribution in [2.24, 2.45) is 0 Å².